The van der Waals surface area contributed by atoms with Crippen LogP contribution in [0.5, 0.6) is 0 Å². The predicted molar refractivity (Wildman–Crippen MR) is 81.6 cm³/mol. The maximum Gasteiger partial charge on any atom is 0.338 e. The standard InChI is InChI=1S/C14H15ClN2O4S/c1-9-12(13(15)17(2)16-9)8-21-14(18)10-4-6-11(7-5-10)22(3,19)20/h4-7H,8H2,1-3H3. The van der Waals surface area contributed by atoms with E-state index in [0.717, 1.165) is 6.26 Å². The number of aryl methyl sites for hydroxylation is 2. The smallest absolute Gasteiger partial charge is 0.338 e. The lowest BCUT2D eigenvalue weighted by Gasteiger charge is -2.05. The Morgan fingerprint density at radius 1 is 1.32 bits per heavy atom. The number of sulfone groups is 1. The summed E-state index contributed by atoms with van der Waals surface area (Å²) in [7, 11) is -1.59. The van der Waals surface area contributed by atoms with E-state index in [0.29, 0.717) is 16.4 Å². The minimum atomic E-state index is -3.29. The molecule has 0 saturated carbocycles. The van der Waals surface area contributed by atoms with E-state index in [-0.39, 0.29) is 17.1 Å². The van der Waals surface area contributed by atoms with Gasteiger partial charge in [-0.2, -0.15) is 5.10 Å². The van der Waals surface area contributed by atoms with E-state index in [9.17, 15) is 13.2 Å². The Bertz CT molecular complexity index is 810. The molecule has 1 aromatic heterocycles. The molecule has 0 aliphatic rings. The molecule has 0 bridgehead atoms. The summed E-state index contributed by atoms with van der Waals surface area (Å²) in [5.74, 6) is -0.556. The van der Waals surface area contributed by atoms with Crippen molar-refractivity contribution in [2.75, 3.05) is 6.26 Å². The van der Waals surface area contributed by atoms with Crippen LogP contribution >= 0.6 is 11.6 Å². The number of benzene rings is 1. The van der Waals surface area contributed by atoms with Crippen LogP contribution in [0.15, 0.2) is 29.2 Å². The molecule has 1 heterocycles. The van der Waals surface area contributed by atoms with Crippen LogP contribution in [0.3, 0.4) is 0 Å². The molecule has 8 heteroatoms. The van der Waals surface area contributed by atoms with E-state index in [2.05, 4.69) is 5.10 Å². The van der Waals surface area contributed by atoms with Gasteiger partial charge in [0, 0.05) is 18.9 Å². The van der Waals surface area contributed by atoms with E-state index in [4.69, 9.17) is 16.3 Å². The lowest BCUT2D eigenvalue weighted by atomic mass is 10.2. The van der Waals surface area contributed by atoms with Crippen LogP contribution in [0.4, 0.5) is 0 Å². The largest absolute Gasteiger partial charge is 0.457 e. The third-order valence-electron chi connectivity index (χ3n) is 3.14. The molecule has 2 aromatic rings. The minimum absolute atomic E-state index is 0.00513. The second-order valence-electron chi connectivity index (χ2n) is 4.85. The number of ether oxygens (including phenoxy) is 1. The zero-order chi connectivity index (χ0) is 16.5. The SMILES string of the molecule is Cc1nn(C)c(Cl)c1COC(=O)c1ccc(S(C)(=O)=O)cc1. The first-order chi connectivity index (χ1) is 10.2. The van der Waals surface area contributed by atoms with Gasteiger partial charge >= 0.3 is 5.97 Å². The molecule has 0 fully saturated rings. The summed E-state index contributed by atoms with van der Waals surface area (Å²) in [6.07, 6.45) is 1.10. The van der Waals surface area contributed by atoms with E-state index in [1.54, 1.807) is 14.0 Å². The average molecular weight is 343 g/mol. The summed E-state index contributed by atoms with van der Waals surface area (Å²) in [4.78, 5) is 12.1. The average Bonchev–Trinajstić information content (AvgIpc) is 2.69. The molecule has 0 amide bonds. The Balaban J connectivity index is 2.10. The molecule has 6 nitrogen and oxygen atoms in total. The van der Waals surface area contributed by atoms with Crippen LogP contribution in [-0.2, 0) is 28.2 Å². The molecule has 0 atom stereocenters. The van der Waals surface area contributed by atoms with Gasteiger partial charge in [-0.25, -0.2) is 13.2 Å². The molecule has 118 valence electrons. The van der Waals surface area contributed by atoms with Crippen molar-refractivity contribution in [3.8, 4) is 0 Å². The molecular formula is C14H15ClN2O4S. The van der Waals surface area contributed by atoms with Crippen molar-refractivity contribution in [2.45, 2.75) is 18.4 Å². The zero-order valence-corrected chi connectivity index (χ0v) is 13.9. The number of esters is 1. The minimum Gasteiger partial charge on any atom is -0.457 e. The summed E-state index contributed by atoms with van der Waals surface area (Å²) in [6, 6.07) is 5.56. The number of carbonyl (C=O) groups excluding carboxylic acids is 1. The van der Waals surface area contributed by atoms with Crippen LogP contribution < -0.4 is 0 Å². The van der Waals surface area contributed by atoms with Crippen molar-refractivity contribution in [2.24, 2.45) is 7.05 Å². The van der Waals surface area contributed by atoms with Gasteiger partial charge in [-0.15, -0.1) is 0 Å². The first kappa shape index (κ1) is 16.5. The summed E-state index contributed by atoms with van der Waals surface area (Å²) in [5.41, 5.74) is 1.60. The summed E-state index contributed by atoms with van der Waals surface area (Å²) < 4.78 is 29.4. The van der Waals surface area contributed by atoms with E-state index in [1.807, 2.05) is 0 Å². The van der Waals surface area contributed by atoms with Gasteiger partial charge in [-0.3, -0.25) is 4.68 Å². The maximum atomic E-state index is 12.0. The maximum absolute atomic E-state index is 12.0. The number of hydrogen-bond acceptors (Lipinski definition) is 5. The van der Waals surface area contributed by atoms with Gasteiger partial charge in [-0.05, 0) is 31.2 Å². The summed E-state index contributed by atoms with van der Waals surface area (Å²) in [6.45, 7) is 1.78. The van der Waals surface area contributed by atoms with Crippen LogP contribution in [0.1, 0.15) is 21.6 Å². The van der Waals surface area contributed by atoms with Gasteiger partial charge < -0.3 is 4.74 Å². The summed E-state index contributed by atoms with van der Waals surface area (Å²) >= 11 is 6.06. The third-order valence-corrected chi connectivity index (χ3v) is 4.74. The highest BCUT2D eigenvalue weighted by molar-refractivity contribution is 7.90. The monoisotopic (exact) mass is 342 g/mol. The molecule has 0 spiro atoms. The Morgan fingerprint density at radius 2 is 1.91 bits per heavy atom. The van der Waals surface area contributed by atoms with Crippen LogP contribution in [-0.4, -0.2) is 30.4 Å². The number of aromatic nitrogens is 2. The number of halogens is 1. The normalized spacial score (nSPS) is 11.5. The third kappa shape index (κ3) is 3.48. The topological polar surface area (TPSA) is 78.3 Å². The fourth-order valence-electron chi connectivity index (χ4n) is 1.90. The molecule has 0 aliphatic heterocycles. The molecule has 0 aliphatic carbocycles. The molecule has 0 radical (unpaired) electrons. The Labute approximate surface area is 133 Å². The molecular weight excluding hydrogens is 328 g/mol. The van der Waals surface area contributed by atoms with Crippen LogP contribution in [0, 0.1) is 6.92 Å². The van der Waals surface area contributed by atoms with Gasteiger partial charge in [0.1, 0.15) is 11.8 Å². The number of hydrogen-bond donors (Lipinski definition) is 0. The second kappa shape index (κ2) is 6.10. The van der Waals surface area contributed by atoms with Crippen molar-refractivity contribution >= 4 is 27.4 Å². The molecule has 1 aromatic carbocycles. The van der Waals surface area contributed by atoms with Crippen molar-refractivity contribution in [1.29, 1.82) is 0 Å². The van der Waals surface area contributed by atoms with Gasteiger partial charge in [0.05, 0.1) is 16.2 Å². The highest BCUT2D eigenvalue weighted by Gasteiger charge is 2.15. The van der Waals surface area contributed by atoms with Crippen molar-refractivity contribution in [3.05, 3.63) is 46.2 Å². The molecule has 0 saturated heterocycles. The van der Waals surface area contributed by atoms with Gasteiger partial charge in [0.15, 0.2) is 9.84 Å². The van der Waals surface area contributed by atoms with E-state index >= 15 is 0 Å². The van der Waals surface area contributed by atoms with Crippen LogP contribution in [0.2, 0.25) is 5.15 Å². The highest BCUT2D eigenvalue weighted by atomic mass is 35.5. The molecule has 0 unspecified atom stereocenters. The van der Waals surface area contributed by atoms with Gasteiger partial charge in [0.2, 0.25) is 0 Å². The quantitative estimate of drug-likeness (QED) is 0.795. The Hall–Kier alpha value is -1.86. The zero-order valence-electron chi connectivity index (χ0n) is 12.3. The highest BCUT2D eigenvalue weighted by Crippen LogP contribution is 2.20. The van der Waals surface area contributed by atoms with Crippen molar-refractivity contribution < 1.29 is 17.9 Å². The van der Waals surface area contributed by atoms with Crippen molar-refractivity contribution in [1.82, 2.24) is 9.78 Å². The van der Waals surface area contributed by atoms with Crippen molar-refractivity contribution in [3.63, 3.8) is 0 Å². The van der Waals surface area contributed by atoms with Gasteiger partial charge in [0.25, 0.3) is 0 Å². The summed E-state index contributed by atoms with van der Waals surface area (Å²) in [5, 5.41) is 4.54. The Kier molecular flexibility index (Phi) is 4.58. The van der Waals surface area contributed by atoms with Gasteiger partial charge in [-0.1, -0.05) is 11.6 Å². The first-order valence-corrected chi connectivity index (χ1v) is 8.62. The molecule has 2 rings (SSSR count). The molecule has 22 heavy (non-hydrogen) atoms. The lowest BCUT2D eigenvalue weighted by molar-refractivity contribution is 0.0472. The van der Waals surface area contributed by atoms with E-state index in [1.165, 1.54) is 28.9 Å². The predicted octanol–water partition coefficient (Wildman–Crippen LogP) is 2.14. The fraction of sp³-hybridized carbons (Fsp3) is 0.286. The van der Waals surface area contributed by atoms with E-state index < -0.39 is 15.8 Å². The molecule has 0 N–H and O–H groups in total. The fourth-order valence-corrected chi connectivity index (χ4v) is 2.76. The first-order valence-electron chi connectivity index (χ1n) is 6.35. The Morgan fingerprint density at radius 3 is 2.36 bits per heavy atom. The number of carbonyl (C=O) groups is 1. The van der Waals surface area contributed by atoms with Crippen LogP contribution in [0.25, 0.3) is 0 Å². The lowest BCUT2D eigenvalue weighted by Crippen LogP contribution is -2.06. The number of rotatable bonds is 4. The number of nitrogens with zero attached hydrogens (tertiary/aromatic N) is 2. The second-order valence-corrected chi connectivity index (χ2v) is 7.22.